The Hall–Kier alpha value is -2.05. The van der Waals surface area contributed by atoms with E-state index in [0.29, 0.717) is 12.8 Å². The number of nitrogens with one attached hydrogen (secondary N) is 1. The summed E-state index contributed by atoms with van der Waals surface area (Å²) in [6, 6.07) is -0.932. The Morgan fingerprint density at radius 2 is 0.807 bits per heavy atom. The molecule has 12 unspecified atom stereocenters. The van der Waals surface area contributed by atoms with E-state index in [1.165, 1.54) is 218 Å². The third kappa shape index (κ3) is 38.8. The molecule has 0 bridgehead atoms. The predicted molar refractivity (Wildman–Crippen MR) is 337 cm³/mol. The molecular weight excluding hydrogens is 1050 g/mol. The molecule has 0 aliphatic carbocycles. The van der Waals surface area contributed by atoms with E-state index in [1.807, 2.05) is 6.08 Å². The molecule has 83 heavy (non-hydrogen) atoms. The highest BCUT2D eigenvalue weighted by Crippen LogP contribution is 2.30. The van der Waals surface area contributed by atoms with Gasteiger partial charge in [-0.1, -0.05) is 268 Å². The Bertz CT molecular complexity index is 1580. The maximum Gasteiger partial charge on any atom is 0.220 e. The highest BCUT2D eigenvalue weighted by atomic mass is 16.7. The number of allylic oxidation sites excluding steroid dienone is 7. The minimum Gasteiger partial charge on any atom is -0.394 e. The van der Waals surface area contributed by atoms with E-state index < -0.39 is 86.8 Å². The van der Waals surface area contributed by atoms with Crippen LogP contribution in [0.4, 0.5) is 0 Å². The van der Waals surface area contributed by atoms with Crippen LogP contribution in [0.15, 0.2) is 48.6 Å². The van der Waals surface area contributed by atoms with Gasteiger partial charge in [-0.25, -0.2) is 0 Å². The molecule has 0 aromatic carbocycles. The Labute approximate surface area is 505 Å². The molecular formula is C69H127NO13. The number of hydrogen-bond donors (Lipinski definition) is 9. The van der Waals surface area contributed by atoms with E-state index in [2.05, 4.69) is 55.6 Å². The molecule has 14 nitrogen and oxygen atoms in total. The van der Waals surface area contributed by atoms with Crippen molar-refractivity contribution in [1.82, 2.24) is 5.32 Å². The van der Waals surface area contributed by atoms with E-state index in [1.54, 1.807) is 6.08 Å². The number of aliphatic hydroxyl groups excluding tert-OH is 8. The molecule has 0 saturated carbocycles. The first kappa shape index (κ1) is 77.0. The standard InChI is InChI=1S/C69H127NO13/c1-3-5-7-9-11-13-15-17-19-21-23-25-26-27-28-29-30-31-32-33-35-37-39-41-43-45-47-49-51-53-61(74)70-57(58(73)52-50-48-46-44-42-40-38-36-34-24-22-20-18-16-14-12-10-8-6-4-2)56-80-68-66(79)64(77)67(60(55-72)82-68)83-69-65(78)63(76)62(75)59(54-71)81-69/h15,17,21,23,42,44,50,52,57-60,62-69,71-73,75-79H,3-14,16,18-20,22,24-41,43,45-49,51,53-56H2,1-2H3,(H,70,74)/b17-15-,23-21-,44-42+,52-50+. The molecule has 12 atom stereocenters. The number of amides is 1. The summed E-state index contributed by atoms with van der Waals surface area (Å²) in [4.78, 5) is 13.3. The van der Waals surface area contributed by atoms with Crippen molar-refractivity contribution in [1.29, 1.82) is 0 Å². The Balaban J connectivity index is 1.69. The van der Waals surface area contributed by atoms with Crippen molar-refractivity contribution < 1.29 is 64.6 Å². The van der Waals surface area contributed by atoms with E-state index >= 15 is 0 Å². The van der Waals surface area contributed by atoms with Crippen molar-refractivity contribution in [3.8, 4) is 0 Å². The first-order chi connectivity index (χ1) is 40.6. The maximum atomic E-state index is 13.3. The van der Waals surface area contributed by atoms with Crippen LogP contribution in [0.25, 0.3) is 0 Å². The van der Waals surface area contributed by atoms with Gasteiger partial charge in [0.1, 0.15) is 48.8 Å². The molecule has 0 spiro atoms. The molecule has 2 saturated heterocycles. The monoisotopic (exact) mass is 1180 g/mol. The normalized spacial score (nSPS) is 24.1. The van der Waals surface area contributed by atoms with Gasteiger partial charge in [-0.2, -0.15) is 0 Å². The zero-order valence-corrected chi connectivity index (χ0v) is 52.7. The zero-order chi connectivity index (χ0) is 60.2. The van der Waals surface area contributed by atoms with Crippen LogP contribution in [0.5, 0.6) is 0 Å². The molecule has 0 aromatic heterocycles. The summed E-state index contributed by atoms with van der Waals surface area (Å²) in [6.45, 7) is 2.80. The second-order valence-electron chi connectivity index (χ2n) is 24.3. The fourth-order valence-electron chi connectivity index (χ4n) is 11.2. The maximum absolute atomic E-state index is 13.3. The predicted octanol–water partition coefficient (Wildman–Crippen LogP) is 13.5. The van der Waals surface area contributed by atoms with Crippen molar-refractivity contribution in [3.05, 3.63) is 48.6 Å². The largest absolute Gasteiger partial charge is 0.394 e. The number of unbranched alkanes of at least 4 members (excludes halogenated alkanes) is 37. The third-order valence-electron chi connectivity index (χ3n) is 16.7. The fourth-order valence-corrected chi connectivity index (χ4v) is 11.2. The van der Waals surface area contributed by atoms with E-state index in [0.717, 1.165) is 38.5 Å². The summed E-state index contributed by atoms with van der Waals surface area (Å²) < 4.78 is 22.8. The van der Waals surface area contributed by atoms with Gasteiger partial charge >= 0.3 is 0 Å². The molecule has 2 aliphatic heterocycles. The molecule has 486 valence electrons. The number of rotatable bonds is 56. The van der Waals surface area contributed by atoms with Gasteiger partial charge < -0.3 is 65.1 Å². The molecule has 2 fully saturated rings. The number of hydrogen-bond acceptors (Lipinski definition) is 13. The minimum atomic E-state index is -1.79. The van der Waals surface area contributed by atoms with Crippen LogP contribution < -0.4 is 5.32 Å². The third-order valence-corrected chi connectivity index (χ3v) is 16.7. The summed E-state index contributed by atoms with van der Waals surface area (Å²) in [5, 5.41) is 87.3. The highest BCUT2D eigenvalue weighted by Gasteiger charge is 2.51. The molecule has 2 rings (SSSR count). The minimum absolute atomic E-state index is 0.246. The van der Waals surface area contributed by atoms with Gasteiger partial charge in [0, 0.05) is 6.42 Å². The Morgan fingerprint density at radius 1 is 0.434 bits per heavy atom. The van der Waals surface area contributed by atoms with Crippen LogP contribution >= 0.6 is 0 Å². The average Bonchev–Trinajstić information content (AvgIpc) is 3.65. The number of aliphatic hydroxyl groups is 8. The Kier molecular flexibility index (Phi) is 50.2. The average molecular weight is 1180 g/mol. The second-order valence-corrected chi connectivity index (χ2v) is 24.3. The van der Waals surface area contributed by atoms with Crippen LogP contribution in [-0.2, 0) is 23.7 Å². The SMILES string of the molecule is CCCCCCC/C=C\C/C=C\CCCCCCCCCCCCCCCCCCCC(=O)NC(COC1OC(CO)C(OC2OC(CO)C(O)C(O)C2O)C(O)C1O)C(O)/C=C/CC/C=C/CCCCCCCCCCCCCCCC. The summed E-state index contributed by atoms with van der Waals surface area (Å²) in [7, 11) is 0. The topological polar surface area (TPSA) is 228 Å². The van der Waals surface area contributed by atoms with Crippen LogP contribution in [0.1, 0.15) is 290 Å². The molecule has 2 heterocycles. The van der Waals surface area contributed by atoms with E-state index in [4.69, 9.17) is 18.9 Å². The number of ether oxygens (including phenoxy) is 4. The molecule has 1 amide bonds. The first-order valence-electron chi connectivity index (χ1n) is 34.4. The van der Waals surface area contributed by atoms with Gasteiger partial charge in [0.2, 0.25) is 5.91 Å². The van der Waals surface area contributed by atoms with Gasteiger partial charge in [0.15, 0.2) is 12.6 Å². The zero-order valence-electron chi connectivity index (χ0n) is 52.7. The summed E-state index contributed by atoms with van der Waals surface area (Å²) in [6.07, 6.45) is 53.1. The summed E-state index contributed by atoms with van der Waals surface area (Å²) >= 11 is 0. The van der Waals surface area contributed by atoms with Gasteiger partial charge in [-0.15, -0.1) is 0 Å². The number of carbonyl (C=O) groups is 1. The van der Waals surface area contributed by atoms with Crippen LogP contribution in [0.3, 0.4) is 0 Å². The smallest absolute Gasteiger partial charge is 0.220 e. The highest BCUT2D eigenvalue weighted by molar-refractivity contribution is 5.76. The molecule has 0 radical (unpaired) electrons. The lowest BCUT2D eigenvalue weighted by molar-refractivity contribution is -0.359. The van der Waals surface area contributed by atoms with Crippen molar-refractivity contribution in [3.63, 3.8) is 0 Å². The fraction of sp³-hybridized carbons (Fsp3) is 0.870. The Morgan fingerprint density at radius 3 is 1.25 bits per heavy atom. The molecule has 0 aromatic rings. The van der Waals surface area contributed by atoms with Crippen LogP contribution in [0.2, 0.25) is 0 Å². The van der Waals surface area contributed by atoms with Crippen molar-refractivity contribution >= 4 is 5.91 Å². The second kappa shape index (κ2) is 54.1. The molecule has 2 aliphatic rings. The van der Waals surface area contributed by atoms with Crippen molar-refractivity contribution in [2.45, 2.75) is 364 Å². The van der Waals surface area contributed by atoms with Crippen LogP contribution in [-0.4, -0.2) is 140 Å². The van der Waals surface area contributed by atoms with E-state index in [9.17, 15) is 45.6 Å². The van der Waals surface area contributed by atoms with Gasteiger partial charge in [0.05, 0.1) is 32.0 Å². The van der Waals surface area contributed by atoms with Crippen molar-refractivity contribution in [2.24, 2.45) is 0 Å². The van der Waals surface area contributed by atoms with Gasteiger partial charge in [-0.05, 0) is 64.2 Å². The first-order valence-corrected chi connectivity index (χ1v) is 34.4. The van der Waals surface area contributed by atoms with Crippen LogP contribution in [0, 0.1) is 0 Å². The lowest BCUT2D eigenvalue weighted by Gasteiger charge is -2.46. The molecule has 9 N–H and O–H groups in total. The lowest BCUT2D eigenvalue weighted by Crippen LogP contribution is -2.65. The van der Waals surface area contributed by atoms with E-state index in [-0.39, 0.29) is 18.9 Å². The van der Waals surface area contributed by atoms with Gasteiger partial charge in [0.25, 0.3) is 0 Å². The number of carbonyl (C=O) groups excluding carboxylic acids is 1. The summed E-state index contributed by atoms with van der Waals surface area (Å²) in [5.41, 5.74) is 0. The quantitative estimate of drug-likeness (QED) is 0.0204. The molecule has 14 heteroatoms. The van der Waals surface area contributed by atoms with Gasteiger partial charge in [-0.3, -0.25) is 4.79 Å². The van der Waals surface area contributed by atoms with Crippen molar-refractivity contribution in [2.75, 3.05) is 19.8 Å². The lowest BCUT2D eigenvalue weighted by atomic mass is 9.97. The summed E-state index contributed by atoms with van der Waals surface area (Å²) in [5.74, 6) is -0.246.